The fourth-order valence-electron chi connectivity index (χ4n) is 2.18. The Hall–Kier alpha value is -2.77. The normalized spacial score (nSPS) is 11.1. The molecule has 2 N–H and O–H groups in total. The highest BCUT2D eigenvalue weighted by atomic mass is 19.3. The molecule has 110 valence electrons. The Morgan fingerprint density at radius 2 is 1.95 bits per heavy atom. The molecule has 22 heavy (non-hydrogen) atoms. The van der Waals surface area contributed by atoms with Crippen LogP contribution in [0.1, 0.15) is 12.1 Å². The molecule has 0 bridgehead atoms. The van der Waals surface area contributed by atoms with Gasteiger partial charge in [-0.3, -0.25) is 0 Å². The number of pyridine rings is 1. The van der Waals surface area contributed by atoms with Crippen molar-refractivity contribution in [2.75, 3.05) is 0 Å². The van der Waals surface area contributed by atoms with Gasteiger partial charge in [0.2, 0.25) is 0 Å². The number of aromatic nitrogens is 4. The Bertz CT molecular complexity index is 883. The van der Waals surface area contributed by atoms with Crippen molar-refractivity contribution in [1.29, 1.82) is 5.26 Å². The fraction of sp³-hybridized carbons (Fsp3) is 0.0833. The van der Waals surface area contributed by atoms with E-state index in [0.29, 0.717) is 15.8 Å². The summed E-state index contributed by atoms with van der Waals surface area (Å²) in [6, 6.07) is 3.30. The lowest BCUT2D eigenvalue weighted by Crippen LogP contribution is -2.32. The van der Waals surface area contributed by atoms with Gasteiger partial charge in [-0.05, 0) is 0 Å². The largest absolute Gasteiger partial charge is 0.490 e. The van der Waals surface area contributed by atoms with E-state index in [2.05, 4.69) is 10.2 Å². The van der Waals surface area contributed by atoms with Crippen molar-refractivity contribution in [3.8, 4) is 17.2 Å². The molecule has 0 saturated carbocycles. The van der Waals surface area contributed by atoms with Crippen molar-refractivity contribution in [2.24, 2.45) is 0 Å². The van der Waals surface area contributed by atoms with Gasteiger partial charge in [0.25, 0.3) is 0 Å². The van der Waals surface area contributed by atoms with E-state index in [1.165, 1.54) is 29.2 Å². The van der Waals surface area contributed by atoms with Crippen LogP contribution in [0.4, 0.5) is 8.78 Å². The molecule has 0 aromatic carbocycles. The first-order valence-corrected chi connectivity index (χ1v) is 6.11. The van der Waals surface area contributed by atoms with Gasteiger partial charge < -0.3 is 10.0 Å². The molecule has 0 aliphatic heterocycles. The molecule has 0 atom stereocenters. The predicted molar refractivity (Wildman–Crippen MR) is 72.2 cm³/mol. The summed E-state index contributed by atoms with van der Waals surface area (Å²) in [6.45, 7) is -2.77. The van der Waals surface area contributed by atoms with Gasteiger partial charge in [0.05, 0.1) is 23.5 Å². The van der Waals surface area contributed by atoms with Gasteiger partial charge in [0.1, 0.15) is 6.07 Å². The van der Waals surface area contributed by atoms with Crippen LogP contribution in [0.3, 0.4) is 0 Å². The van der Waals surface area contributed by atoms with Crippen molar-refractivity contribution < 1.29 is 18.8 Å². The van der Waals surface area contributed by atoms with E-state index >= 15 is 0 Å². The third-order valence-electron chi connectivity index (χ3n) is 3.17. The van der Waals surface area contributed by atoms with Crippen LogP contribution < -0.4 is 5.46 Å². The van der Waals surface area contributed by atoms with Crippen molar-refractivity contribution in [2.45, 2.75) is 6.55 Å². The third-order valence-corrected chi connectivity index (χ3v) is 3.17. The van der Waals surface area contributed by atoms with E-state index in [1.54, 1.807) is 0 Å². The smallest absolute Gasteiger partial charge is 0.423 e. The summed E-state index contributed by atoms with van der Waals surface area (Å²) < 4.78 is 26.9. The lowest BCUT2D eigenvalue weighted by atomic mass is 9.78. The zero-order valence-electron chi connectivity index (χ0n) is 10.9. The summed E-state index contributed by atoms with van der Waals surface area (Å²) in [7, 11) is -1.84. The maximum atomic E-state index is 12.6. The Kier molecular flexibility index (Phi) is 3.36. The van der Waals surface area contributed by atoms with Crippen LogP contribution in [-0.4, -0.2) is 36.6 Å². The summed E-state index contributed by atoms with van der Waals surface area (Å²) in [5.74, 6) is 0. The van der Waals surface area contributed by atoms with Gasteiger partial charge in [-0.2, -0.15) is 24.2 Å². The topological polar surface area (TPSA) is 99.4 Å². The number of nitriles is 1. The highest BCUT2D eigenvalue weighted by molar-refractivity contribution is 6.61. The van der Waals surface area contributed by atoms with Crippen LogP contribution in [0.2, 0.25) is 0 Å². The molecule has 0 unspecified atom stereocenters. The van der Waals surface area contributed by atoms with Gasteiger partial charge in [-0.15, -0.1) is 0 Å². The second kappa shape index (κ2) is 5.21. The molecule has 0 radical (unpaired) electrons. The molecule has 3 heterocycles. The molecular formula is C12H8BF2N5O2. The molecule has 0 aliphatic rings. The Labute approximate surface area is 122 Å². The highest BCUT2D eigenvalue weighted by Gasteiger charge is 2.21. The van der Waals surface area contributed by atoms with E-state index in [0.717, 1.165) is 6.20 Å². The zero-order valence-corrected chi connectivity index (χ0v) is 10.9. The molecule has 0 fully saturated rings. The van der Waals surface area contributed by atoms with Crippen LogP contribution in [-0.2, 0) is 0 Å². The molecule has 10 heteroatoms. The van der Waals surface area contributed by atoms with Gasteiger partial charge in [0.15, 0.2) is 0 Å². The van der Waals surface area contributed by atoms with E-state index in [4.69, 9.17) is 5.26 Å². The van der Waals surface area contributed by atoms with Crippen LogP contribution in [0.15, 0.2) is 30.9 Å². The molecule has 0 amide bonds. The SMILES string of the molecule is N#Cc1cnn2cc(-c3cnn(C(F)F)c3)cc(B(O)O)c12. The Morgan fingerprint density at radius 3 is 2.55 bits per heavy atom. The van der Waals surface area contributed by atoms with Crippen LogP contribution in [0, 0.1) is 11.3 Å². The van der Waals surface area contributed by atoms with Crippen molar-refractivity contribution in [1.82, 2.24) is 19.4 Å². The third kappa shape index (κ3) is 2.22. The Morgan fingerprint density at radius 1 is 1.18 bits per heavy atom. The molecule has 3 rings (SSSR count). The molecular weight excluding hydrogens is 295 g/mol. The maximum absolute atomic E-state index is 12.6. The van der Waals surface area contributed by atoms with Crippen LogP contribution in [0.25, 0.3) is 16.6 Å². The van der Waals surface area contributed by atoms with E-state index in [9.17, 15) is 18.8 Å². The summed E-state index contributed by atoms with van der Waals surface area (Å²) in [5.41, 5.74) is 1.25. The van der Waals surface area contributed by atoms with E-state index < -0.39 is 13.7 Å². The molecule has 3 aromatic heterocycles. The molecule has 0 spiro atoms. The minimum Gasteiger partial charge on any atom is -0.423 e. The van der Waals surface area contributed by atoms with Gasteiger partial charge in [-0.1, -0.05) is 6.07 Å². The number of hydrogen-bond acceptors (Lipinski definition) is 5. The monoisotopic (exact) mass is 303 g/mol. The first kappa shape index (κ1) is 14.2. The molecule has 0 aliphatic carbocycles. The number of hydrogen-bond donors (Lipinski definition) is 2. The predicted octanol–water partition coefficient (Wildman–Crippen LogP) is 0.144. The summed E-state index contributed by atoms with van der Waals surface area (Å²) in [4.78, 5) is 0. The molecule has 7 nitrogen and oxygen atoms in total. The highest BCUT2D eigenvalue weighted by Crippen LogP contribution is 2.21. The van der Waals surface area contributed by atoms with Crippen molar-refractivity contribution in [3.63, 3.8) is 0 Å². The first-order valence-electron chi connectivity index (χ1n) is 6.11. The average molecular weight is 303 g/mol. The zero-order chi connectivity index (χ0) is 15.9. The van der Waals surface area contributed by atoms with Crippen LogP contribution >= 0.6 is 0 Å². The summed E-state index contributed by atoms with van der Waals surface area (Å²) >= 11 is 0. The maximum Gasteiger partial charge on any atom is 0.490 e. The molecule has 3 aromatic rings. The lowest BCUT2D eigenvalue weighted by molar-refractivity contribution is 0.0566. The van der Waals surface area contributed by atoms with E-state index in [-0.39, 0.29) is 16.5 Å². The number of rotatable bonds is 3. The molecule has 0 saturated heterocycles. The van der Waals surface area contributed by atoms with Gasteiger partial charge >= 0.3 is 13.7 Å². The van der Waals surface area contributed by atoms with E-state index in [1.807, 2.05) is 6.07 Å². The number of fused-ring (bicyclic) bond motifs is 1. The lowest BCUT2D eigenvalue weighted by Gasteiger charge is -2.07. The second-order valence-corrected chi connectivity index (χ2v) is 4.51. The number of halogens is 2. The number of nitrogens with zero attached hydrogens (tertiary/aromatic N) is 5. The quantitative estimate of drug-likeness (QED) is 0.671. The van der Waals surface area contributed by atoms with Gasteiger partial charge in [-0.25, -0.2) is 9.20 Å². The fourth-order valence-corrected chi connectivity index (χ4v) is 2.18. The van der Waals surface area contributed by atoms with Gasteiger partial charge in [0, 0.05) is 29.0 Å². The second-order valence-electron chi connectivity index (χ2n) is 4.51. The minimum absolute atomic E-state index is 0.0522. The van der Waals surface area contributed by atoms with Crippen molar-refractivity contribution >= 4 is 18.1 Å². The first-order chi connectivity index (χ1) is 10.5. The van der Waals surface area contributed by atoms with Crippen LogP contribution in [0.5, 0.6) is 0 Å². The standard InChI is InChI=1S/C12H8BF2N5O2/c14-12(15)20-6-9(4-18-20)7-1-10(13(21)22)11-8(2-16)3-17-19(11)5-7/h1,3-6,12,21-22H. The van der Waals surface area contributed by atoms with Crippen molar-refractivity contribution in [3.05, 3.63) is 36.4 Å². The average Bonchev–Trinajstić information content (AvgIpc) is 3.12. The summed E-state index contributed by atoms with van der Waals surface area (Å²) in [5, 5.41) is 35.5. The summed E-state index contributed by atoms with van der Waals surface area (Å²) in [6.07, 6.45) is 5.14. The number of alkyl halides is 2. The minimum atomic E-state index is -2.77. The Balaban J connectivity index is 2.21.